The van der Waals surface area contributed by atoms with Gasteiger partial charge >= 0.3 is 5.69 Å². The van der Waals surface area contributed by atoms with Crippen molar-refractivity contribution in [3.63, 3.8) is 0 Å². The summed E-state index contributed by atoms with van der Waals surface area (Å²) in [5, 5.41) is 16.5. The van der Waals surface area contributed by atoms with Crippen LogP contribution in [0.1, 0.15) is 59.8 Å². The van der Waals surface area contributed by atoms with E-state index in [1.165, 1.54) is 9.25 Å². The third kappa shape index (κ3) is 5.82. The van der Waals surface area contributed by atoms with E-state index in [-0.39, 0.29) is 22.3 Å². The maximum Gasteiger partial charge on any atom is 0.353 e. The Bertz CT molecular complexity index is 1440. The second kappa shape index (κ2) is 10.5. The monoisotopic (exact) mass is 587 g/mol. The summed E-state index contributed by atoms with van der Waals surface area (Å²) in [6.45, 7) is 24.5. The number of rotatable bonds is 7. The largest absolute Gasteiger partial charge is 0.691 e. The van der Waals surface area contributed by atoms with Crippen molar-refractivity contribution in [1.82, 2.24) is 19.4 Å². The van der Waals surface area contributed by atoms with Crippen molar-refractivity contribution >= 4 is 27.7 Å². The van der Waals surface area contributed by atoms with Gasteiger partial charge in [-0.05, 0) is 55.3 Å². The number of hydrogen-bond donors (Lipinski definition) is 0. The number of hydrogen-bond acceptors (Lipinski definition) is 7. The molecule has 2 aromatic heterocycles. The highest BCUT2D eigenvalue weighted by atomic mass is 28.4. The maximum atomic E-state index is 13.4. The second-order valence-corrected chi connectivity index (χ2v) is 23.5. The van der Waals surface area contributed by atoms with E-state index in [9.17, 15) is 10.0 Å². The van der Waals surface area contributed by atoms with Crippen LogP contribution in [-0.4, -0.2) is 54.9 Å². The van der Waals surface area contributed by atoms with Gasteiger partial charge in [0.05, 0.1) is 12.7 Å². The second-order valence-electron chi connectivity index (χ2n) is 14.0. The number of fused-ring (bicyclic) bond motifs is 1. The van der Waals surface area contributed by atoms with Crippen LogP contribution in [0.4, 0.5) is 0 Å². The standard InChI is InChI=1S/C28H45N5O5Si2/c1-19-17-31(26(34)29-25(19)32-20-14-12-13-15-21(20)33(35)30-32)24-16-22(38-40(10,11)28(5,6)7)23(37-24)18-36-39(8,9)27(2,3)4/h12-15,17,22-24H,16,18H2,1-11H3/t22-,23+,24+/m0/s1. The predicted molar refractivity (Wildman–Crippen MR) is 161 cm³/mol. The molecule has 0 radical (unpaired) electrons. The quantitative estimate of drug-likeness (QED) is 0.212. The molecule has 3 atom stereocenters. The first-order chi connectivity index (χ1) is 18.3. The Hall–Kier alpha value is -2.39. The molecule has 0 spiro atoms. The van der Waals surface area contributed by atoms with Crippen molar-refractivity contribution in [1.29, 1.82) is 0 Å². The van der Waals surface area contributed by atoms with Gasteiger partial charge in [0, 0.05) is 18.2 Å². The van der Waals surface area contributed by atoms with Crippen molar-refractivity contribution < 1.29 is 18.4 Å². The van der Waals surface area contributed by atoms with Crippen LogP contribution in [0.2, 0.25) is 36.3 Å². The summed E-state index contributed by atoms with van der Waals surface area (Å²) in [5.74, 6) is 0.317. The lowest BCUT2D eigenvalue weighted by Gasteiger charge is -2.40. The average molecular weight is 588 g/mol. The van der Waals surface area contributed by atoms with Gasteiger partial charge in [-0.15, -0.1) is 4.85 Å². The molecule has 220 valence electrons. The first-order valence-corrected chi connectivity index (χ1v) is 19.8. The maximum absolute atomic E-state index is 13.4. The Morgan fingerprint density at radius 1 is 1.07 bits per heavy atom. The highest BCUT2D eigenvalue weighted by molar-refractivity contribution is 6.74. The fraction of sp³-hybridized carbons (Fsp3) is 0.643. The summed E-state index contributed by atoms with van der Waals surface area (Å²) in [4.78, 5) is 18.3. The summed E-state index contributed by atoms with van der Waals surface area (Å²) in [6, 6.07) is 7.05. The van der Waals surface area contributed by atoms with Crippen LogP contribution in [0, 0.1) is 12.1 Å². The molecule has 3 aromatic rings. The lowest BCUT2D eigenvalue weighted by molar-refractivity contribution is -0.645. The van der Waals surface area contributed by atoms with E-state index >= 15 is 0 Å². The van der Waals surface area contributed by atoms with E-state index in [0.717, 1.165) is 0 Å². The van der Waals surface area contributed by atoms with Crippen LogP contribution < -0.4 is 10.5 Å². The molecule has 10 nitrogen and oxygen atoms in total. The van der Waals surface area contributed by atoms with E-state index in [1.807, 2.05) is 13.0 Å². The summed E-state index contributed by atoms with van der Waals surface area (Å²) >= 11 is 0. The van der Waals surface area contributed by atoms with Crippen LogP contribution in [0.25, 0.3) is 16.9 Å². The molecule has 1 aliphatic heterocycles. The number of nitrogens with zero attached hydrogens (tertiary/aromatic N) is 5. The molecule has 0 saturated carbocycles. The summed E-state index contributed by atoms with van der Waals surface area (Å²) < 4.78 is 22.9. The zero-order valence-corrected chi connectivity index (χ0v) is 27.8. The lowest BCUT2D eigenvalue weighted by Crippen LogP contribution is -2.48. The highest BCUT2D eigenvalue weighted by Crippen LogP contribution is 2.42. The normalized spacial score (nSPS) is 20.9. The van der Waals surface area contributed by atoms with Crippen LogP contribution in [0.15, 0.2) is 35.3 Å². The number of aryl methyl sites for hydroxylation is 1. The molecule has 12 heteroatoms. The molecular formula is C28H45N5O5Si2. The number of aromatic nitrogens is 5. The van der Waals surface area contributed by atoms with Gasteiger partial charge in [-0.1, -0.05) is 58.4 Å². The molecule has 3 heterocycles. The minimum absolute atomic E-state index is 0.0253. The minimum Gasteiger partial charge on any atom is -0.691 e. The smallest absolute Gasteiger partial charge is 0.353 e. The Morgan fingerprint density at radius 2 is 1.70 bits per heavy atom. The van der Waals surface area contributed by atoms with E-state index in [1.54, 1.807) is 24.4 Å². The third-order valence-corrected chi connectivity index (χ3v) is 18.0. The molecule has 1 aliphatic rings. The van der Waals surface area contributed by atoms with Crippen LogP contribution in [-0.2, 0) is 13.6 Å². The predicted octanol–water partition coefficient (Wildman–Crippen LogP) is 5.22. The molecule has 4 rings (SSSR count). The van der Waals surface area contributed by atoms with Gasteiger partial charge < -0.3 is 18.8 Å². The van der Waals surface area contributed by atoms with Gasteiger partial charge in [0.1, 0.15) is 17.5 Å². The molecule has 0 N–H and O–H groups in total. The number of para-hydroxylation sites is 2. The Kier molecular flexibility index (Phi) is 8.00. The van der Waals surface area contributed by atoms with Crippen LogP contribution in [0.5, 0.6) is 0 Å². The molecule has 1 aromatic carbocycles. The van der Waals surface area contributed by atoms with Gasteiger partial charge in [0.15, 0.2) is 16.6 Å². The molecule has 1 saturated heterocycles. The number of ether oxygens (including phenoxy) is 1. The topological polar surface area (TPSA) is 107 Å². The Balaban J connectivity index is 1.66. The Morgan fingerprint density at radius 3 is 2.33 bits per heavy atom. The molecule has 0 aliphatic carbocycles. The SMILES string of the molecule is Cc1cn([C@H]2C[C@H](O[Si](C)(C)C(C)(C)C)[C@@H](CO[Si](C)(C)C(C)(C)C)O2)c(=O)nc1-n1n[n+]([O-])c2ccccc21. The first-order valence-electron chi connectivity index (χ1n) is 14.0. The molecule has 40 heavy (non-hydrogen) atoms. The third-order valence-electron chi connectivity index (χ3n) is 8.95. The minimum atomic E-state index is -2.13. The van der Waals surface area contributed by atoms with Crippen molar-refractivity contribution in [3.05, 3.63) is 51.7 Å². The molecular weight excluding hydrogens is 543 g/mol. The van der Waals surface area contributed by atoms with E-state index in [2.05, 4.69) is 77.9 Å². The van der Waals surface area contributed by atoms with Gasteiger partial charge in [0.25, 0.3) is 5.82 Å². The fourth-order valence-electron chi connectivity index (χ4n) is 4.33. The highest BCUT2D eigenvalue weighted by Gasteiger charge is 2.47. The van der Waals surface area contributed by atoms with Crippen LogP contribution >= 0.6 is 0 Å². The summed E-state index contributed by atoms with van der Waals surface area (Å²) in [5.41, 5.74) is 1.20. The van der Waals surface area contributed by atoms with Gasteiger partial charge in [-0.2, -0.15) is 4.98 Å². The molecule has 0 bridgehead atoms. The van der Waals surface area contributed by atoms with Crippen molar-refractivity contribution in [2.75, 3.05) is 6.61 Å². The molecule has 0 unspecified atom stereocenters. The van der Waals surface area contributed by atoms with E-state index in [4.69, 9.17) is 13.6 Å². The van der Waals surface area contributed by atoms with Crippen molar-refractivity contribution in [3.8, 4) is 5.82 Å². The fourth-order valence-corrected chi connectivity index (χ4v) is 6.70. The summed E-state index contributed by atoms with van der Waals surface area (Å²) in [7, 11) is -4.15. The molecule has 0 amide bonds. The Labute approximate surface area is 239 Å². The van der Waals surface area contributed by atoms with Gasteiger partial charge in [0.2, 0.25) is 11.0 Å². The van der Waals surface area contributed by atoms with Gasteiger partial charge in [-0.25, -0.2) is 4.79 Å². The van der Waals surface area contributed by atoms with Gasteiger partial charge in [-0.3, -0.25) is 4.57 Å². The van der Waals surface area contributed by atoms with E-state index in [0.29, 0.717) is 40.3 Å². The number of benzene rings is 1. The van der Waals surface area contributed by atoms with E-state index < -0.39 is 28.6 Å². The first kappa shape index (κ1) is 30.6. The van der Waals surface area contributed by atoms with Crippen molar-refractivity contribution in [2.24, 2.45) is 0 Å². The average Bonchev–Trinajstić information content (AvgIpc) is 3.38. The van der Waals surface area contributed by atoms with Crippen molar-refractivity contribution in [2.45, 2.75) is 110 Å². The summed E-state index contributed by atoms with van der Waals surface area (Å²) in [6.07, 6.45) is 1.19. The zero-order chi connectivity index (χ0) is 29.8. The lowest BCUT2D eigenvalue weighted by atomic mass is 10.2. The molecule has 1 fully saturated rings. The zero-order valence-electron chi connectivity index (χ0n) is 25.8. The van der Waals surface area contributed by atoms with Crippen LogP contribution in [0.3, 0.4) is 0 Å².